The molecule has 82 valence electrons. The van der Waals surface area contributed by atoms with E-state index in [2.05, 4.69) is 21.2 Å². The second-order valence-corrected chi connectivity index (χ2v) is 4.27. The van der Waals surface area contributed by atoms with Gasteiger partial charge in [0, 0.05) is 17.6 Å². The van der Waals surface area contributed by atoms with Gasteiger partial charge in [-0.2, -0.15) is 0 Å². The fourth-order valence-electron chi connectivity index (χ4n) is 1.32. The molecule has 0 radical (unpaired) electrons. The Morgan fingerprint density at radius 3 is 2.60 bits per heavy atom. The Labute approximate surface area is 96.3 Å². The van der Waals surface area contributed by atoms with Crippen molar-refractivity contribution in [2.75, 3.05) is 20.2 Å². The number of ether oxygens (including phenoxy) is 2. The van der Waals surface area contributed by atoms with E-state index in [1.54, 1.807) is 12.1 Å². The summed E-state index contributed by atoms with van der Waals surface area (Å²) in [6.45, 7) is 1.63. The normalized spacial score (nSPS) is 15.9. The van der Waals surface area contributed by atoms with Gasteiger partial charge in [0.15, 0.2) is 11.5 Å². The second-order valence-electron chi connectivity index (χ2n) is 3.35. The van der Waals surface area contributed by atoms with Crippen LogP contribution in [0.2, 0.25) is 0 Å². The number of aromatic hydroxyl groups is 1. The van der Waals surface area contributed by atoms with Gasteiger partial charge in [-0.05, 0) is 12.1 Å². The summed E-state index contributed by atoms with van der Waals surface area (Å²) in [6.07, 6.45) is 0.134. The molecule has 0 bridgehead atoms. The fourth-order valence-corrected chi connectivity index (χ4v) is 1.74. The van der Waals surface area contributed by atoms with Crippen molar-refractivity contribution in [3.8, 4) is 17.2 Å². The lowest BCUT2D eigenvalue weighted by Crippen LogP contribution is -2.50. The van der Waals surface area contributed by atoms with Crippen molar-refractivity contribution in [3.63, 3.8) is 0 Å². The molecule has 2 rings (SSSR count). The summed E-state index contributed by atoms with van der Waals surface area (Å²) >= 11 is 3.33. The molecule has 1 aliphatic rings. The van der Waals surface area contributed by atoms with Crippen LogP contribution in [0.25, 0.3) is 0 Å². The van der Waals surface area contributed by atoms with Crippen molar-refractivity contribution in [3.05, 3.63) is 16.6 Å². The highest BCUT2D eigenvalue weighted by Crippen LogP contribution is 2.39. The molecule has 0 aliphatic carbocycles. The molecule has 1 heterocycles. The Kier molecular flexibility index (Phi) is 3.02. The van der Waals surface area contributed by atoms with Gasteiger partial charge in [-0.15, -0.1) is 0 Å². The van der Waals surface area contributed by atoms with Gasteiger partial charge in [-0.1, -0.05) is 15.9 Å². The van der Waals surface area contributed by atoms with Crippen molar-refractivity contribution < 1.29 is 14.6 Å². The number of rotatable bonds is 3. The Balaban J connectivity index is 2.24. The predicted molar refractivity (Wildman–Crippen MR) is 59.6 cm³/mol. The molecule has 1 aromatic carbocycles. The summed E-state index contributed by atoms with van der Waals surface area (Å²) in [5.74, 6) is 0.909. The second kappa shape index (κ2) is 4.28. The maximum atomic E-state index is 9.79. The number of halogens is 1. The third kappa shape index (κ3) is 2.18. The maximum Gasteiger partial charge on any atom is 0.200 e. The lowest BCUT2D eigenvalue weighted by molar-refractivity contribution is 0.136. The molecule has 0 aromatic heterocycles. The number of methoxy groups -OCH3 is 1. The van der Waals surface area contributed by atoms with Gasteiger partial charge in [0.05, 0.1) is 7.11 Å². The van der Waals surface area contributed by atoms with Gasteiger partial charge in [-0.25, -0.2) is 0 Å². The van der Waals surface area contributed by atoms with Crippen LogP contribution in [0.3, 0.4) is 0 Å². The van der Waals surface area contributed by atoms with Crippen molar-refractivity contribution in [2.24, 2.45) is 0 Å². The van der Waals surface area contributed by atoms with Gasteiger partial charge < -0.3 is 19.9 Å². The van der Waals surface area contributed by atoms with E-state index in [0.717, 1.165) is 17.6 Å². The number of nitrogens with one attached hydrogen (secondary N) is 1. The van der Waals surface area contributed by atoms with Crippen LogP contribution in [0.1, 0.15) is 0 Å². The van der Waals surface area contributed by atoms with Crippen molar-refractivity contribution >= 4 is 15.9 Å². The molecule has 1 aliphatic heterocycles. The zero-order valence-electron chi connectivity index (χ0n) is 8.29. The minimum Gasteiger partial charge on any atom is -0.502 e. The number of phenolic OH excluding ortho intramolecular Hbond substituents is 1. The van der Waals surface area contributed by atoms with E-state index in [4.69, 9.17) is 9.47 Å². The molecule has 4 nitrogen and oxygen atoms in total. The van der Waals surface area contributed by atoms with Crippen LogP contribution in [0.15, 0.2) is 16.6 Å². The highest BCUT2D eigenvalue weighted by Gasteiger charge is 2.21. The zero-order valence-corrected chi connectivity index (χ0v) is 9.87. The standard InChI is InChI=1S/C10H12BrNO3/c1-14-8-2-6(11)3-9(10(8)13)15-7-4-12-5-7/h2-3,7,12-13H,4-5H2,1H3. The van der Waals surface area contributed by atoms with Crippen LogP contribution in [-0.2, 0) is 0 Å². The first kappa shape index (κ1) is 10.6. The lowest BCUT2D eigenvalue weighted by atomic mass is 10.2. The topological polar surface area (TPSA) is 50.7 Å². The van der Waals surface area contributed by atoms with Gasteiger partial charge in [0.2, 0.25) is 5.75 Å². The van der Waals surface area contributed by atoms with E-state index in [1.165, 1.54) is 7.11 Å². The van der Waals surface area contributed by atoms with Crippen molar-refractivity contribution in [2.45, 2.75) is 6.10 Å². The van der Waals surface area contributed by atoms with Crippen LogP contribution >= 0.6 is 15.9 Å². The van der Waals surface area contributed by atoms with Crippen LogP contribution in [0.4, 0.5) is 0 Å². The van der Waals surface area contributed by atoms with Crippen LogP contribution in [0.5, 0.6) is 17.2 Å². The van der Waals surface area contributed by atoms with Gasteiger partial charge >= 0.3 is 0 Å². The summed E-state index contributed by atoms with van der Waals surface area (Å²) in [7, 11) is 1.51. The lowest BCUT2D eigenvalue weighted by Gasteiger charge is -2.28. The highest BCUT2D eigenvalue weighted by atomic mass is 79.9. The Bertz CT molecular complexity index is 366. The van der Waals surface area contributed by atoms with E-state index in [1.807, 2.05) is 0 Å². The van der Waals surface area contributed by atoms with E-state index in [9.17, 15) is 5.11 Å². The number of phenols is 1. The molecule has 0 saturated carbocycles. The molecular formula is C10H12BrNO3. The summed E-state index contributed by atoms with van der Waals surface area (Å²) in [4.78, 5) is 0. The number of hydrogen-bond donors (Lipinski definition) is 2. The van der Waals surface area contributed by atoms with Gasteiger partial charge in [0.25, 0.3) is 0 Å². The molecule has 0 atom stereocenters. The molecular weight excluding hydrogens is 262 g/mol. The first-order valence-electron chi connectivity index (χ1n) is 4.64. The SMILES string of the molecule is COc1cc(Br)cc(OC2CNC2)c1O. The number of benzene rings is 1. The molecule has 5 heteroatoms. The van der Waals surface area contributed by atoms with E-state index < -0.39 is 0 Å². The Hall–Kier alpha value is -0.940. The van der Waals surface area contributed by atoms with Crippen LogP contribution < -0.4 is 14.8 Å². The molecule has 0 unspecified atom stereocenters. The minimum atomic E-state index is 0.0487. The minimum absolute atomic E-state index is 0.0487. The third-order valence-electron chi connectivity index (χ3n) is 2.26. The van der Waals surface area contributed by atoms with Gasteiger partial charge in [-0.3, -0.25) is 0 Å². The summed E-state index contributed by atoms with van der Waals surface area (Å²) < 4.78 is 11.4. The van der Waals surface area contributed by atoms with Crippen molar-refractivity contribution in [1.29, 1.82) is 0 Å². The van der Waals surface area contributed by atoms with Crippen LogP contribution in [0, 0.1) is 0 Å². The number of hydrogen-bond acceptors (Lipinski definition) is 4. The van der Waals surface area contributed by atoms with Crippen molar-refractivity contribution in [1.82, 2.24) is 5.32 Å². The first-order chi connectivity index (χ1) is 7.20. The Morgan fingerprint density at radius 2 is 2.07 bits per heavy atom. The van der Waals surface area contributed by atoms with E-state index in [-0.39, 0.29) is 11.9 Å². The molecule has 0 spiro atoms. The first-order valence-corrected chi connectivity index (χ1v) is 5.44. The molecule has 1 aromatic rings. The average Bonchev–Trinajstić information content (AvgIpc) is 2.16. The van der Waals surface area contributed by atoms with Gasteiger partial charge in [0.1, 0.15) is 6.10 Å². The largest absolute Gasteiger partial charge is 0.502 e. The molecule has 0 amide bonds. The zero-order chi connectivity index (χ0) is 10.8. The highest BCUT2D eigenvalue weighted by molar-refractivity contribution is 9.10. The summed E-state index contributed by atoms with van der Waals surface area (Å²) in [6, 6.07) is 3.43. The average molecular weight is 274 g/mol. The van der Waals surface area contributed by atoms with E-state index in [0.29, 0.717) is 11.5 Å². The van der Waals surface area contributed by atoms with Crippen LogP contribution in [-0.4, -0.2) is 31.4 Å². The molecule has 1 fully saturated rings. The molecule has 2 N–H and O–H groups in total. The smallest absolute Gasteiger partial charge is 0.200 e. The predicted octanol–water partition coefficient (Wildman–Crippen LogP) is 1.51. The Morgan fingerprint density at radius 1 is 1.40 bits per heavy atom. The molecule has 15 heavy (non-hydrogen) atoms. The molecule has 1 saturated heterocycles. The quantitative estimate of drug-likeness (QED) is 0.877. The monoisotopic (exact) mass is 273 g/mol. The summed E-state index contributed by atoms with van der Waals surface area (Å²) in [5, 5.41) is 12.9. The maximum absolute atomic E-state index is 9.79. The summed E-state index contributed by atoms with van der Waals surface area (Å²) in [5.41, 5.74) is 0. The third-order valence-corrected chi connectivity index (χ3v) is 2.72. The fraction of sp³-hybridized carbons (Fsp3) is 0.400. The van der Waals surface area contributed by atoms with E-state index >= 15 is 0 Å².